The molecule has 0 saturated carbocycles. The van der Waals surface area contributed by atoms with E-state index in [4.69, 9.17) is 0 Å². The van der Waals surface area contributed by atoms with E-state index in [0.29, 0.717) is 11.7 Å². The number of aromatic amines is 1. The van der Waals surface area contributed by atoms with Gasteiger partial charge in [0.1, 0.15) is 5.75 Å². The van der Waals surface area contributed by atoms with Crippen LogP contribution < -0.4 is 0 Å². The molecule has 0 atom stereocenters. The first-order valence-corrected chi connectivity index (χ1v) is 4.48. The first-order valence-electron chi connectivity index (χ1n) is 4.48. The Bertz CT molecular complexity index is 429. The van der Waals surface area contributed by atoms with Crippen LogP contribution in [0.25, 0.3) is 10.9 Å². The van der Waals surface area contributed by atoms with Gasteiger partial charge in [0.25, 0.3) is 0 Å². The standard InChI is InChI=1S/C11H13NO/c1-7(2)10-6-12-11-5-8(13)3-4-9(10)11/h3-7,12-13H,1-2H3. The summed E-state index contributed by atoms with van der Waals surface area (Å²) in [4.78, 5) is 3.15. The predicted octanol–water partition coefficient (Wildman–Crippen LogP) is 3.00. The molecule has 0 aliphatic heterocycles. The summed E-state index contributed by atoms with van der Waals surface area (Å²) in [6, 6.07) is 5.43. The molecule has 2 heteroatoms. The first-order chi connectivity index (χ1) is 6.18. The van der Waals surface area contributed by atoms with Gasteiger partial charge in [-0.25, -0.2) is 0 Å². The van der Waals surface area contributed by atoms with Gasteiger partial charge in [0, 0.05) is 23.2 Å². The molecule has 13 heavy (non-hydrogen) atoms. The Kier molecular flexibility index (Phi) is 1.76. The highest BCUT2D eigenvalue weighted by Crippen LogP contribution is 2.27. The Morgan fingerprint density at radius 3 is 2.77 bits per heavy atom. The third-order valence-electron chi connectivity index (χ3n) is 2.32. The quantitative estimate of drug-likeness (QED) is 0.686. The highest BCUT2D eigenvalue weighted by molar-refractivity contribution is 5.84. The van der Waals surface area contributed by atoms with Crippen molar-refractivity contribution in [3.63, 3.8) is 0 Å². The lowest BCUT2D eigenvalue weighted by molar-refractivity contribution is 0.476. The van der Waals surface area contributed by atoms with Gasteiger partial charge in [-0.05, 0) is 23.6 Å². The van der Waals surface area contributed by atoms with Crippen molar-refractivity contribution in [1.29, 1.82) is 0 Å². The van der Waals surface area contributed by atoms with Crippen LogP contribution in [0.3, 0.4) is 0 Å². The van der Waals surface area contributed by atoms with Crippen molar-refractivity contribution in [2.75, 3.05) is 0 Å². The first kappa shape index (κ1) is 8.17. The zero-order valence-electron chi connectivity index (χ0n) is 7.83. The van der Waals surface area contributed by atoms with Crippen molar-refractivity contribution in [3.8, 4) is 5.75 Å². The Labute approximate surface area is 77.2 Å². The van der Waals surface area contributed by atoms with Gasteiger partial charge >= 0.3 is 0 Å². The van der Waals surface area contributed by atoms with Gasteiger partial charge in [-0.1, -0.05) is 13.8 Å². The second-order valence-corrected chi connectivity index (χ2v) is 3.63. The van der Waals surface area contributed by atoms with E-state index in [9.17, 15) is 5.11 Å². The fourth-order valence-electron chi connectivity index (χ4n) is 1.61. The van der Waals surface area contributed by atoms with Crippen LogP contribution in [0, 0.1) is 0 Å². The van der Waals surface area contributed by atoms with E-state index >= 15 is 0 Å². The average molecular weight is 175 g/mol. The molecule has 2 aromatic rings. The number of rotatable bonds is 1. The predicted molar refractivity (Wildman–Crippen MR) is 54.1 cm³/mol. The Morgan fingerprint density at radius 1 is 1.31 bits per heavy atom. The van der Waals surface area contributed by atoms with E-state index in [1.807, 2.05) is 12.3 Å². The fourth-order valence-corrected chi connectivity index (χ4v) is 1.61. The van der Waals surface area contributed by atoms with Crippen molar-refractivity contribution in [2.24, 2.45) is 0 Å². The molecule has 1 aromatic carbocycles. The SMILES string of the molecule is CC(C)c1c[nH]c2cc(O)ccc12. The molecule has 0 unspecified atom stereocenters. The maximum Gasteiger partial charge on any atom is 0.117 e. The summed E-state index contributed by atoms with van der Waals surface area (Å²) in [5, 5.41) is 10.5. The van der Waals surface area contributed by atoms with Crippen LogP contribution >= 0.6 is 0 Å². The Hall–Kier alpha value is -1.44. The molecule has 2 nitrogen and oxygen atoms in total. The van der Waals surface area contributed by atoms with Crippen molar-refractivity contribution in [2.45, 2.75) is 19.8 Å². The van der Waals surface area contributed by atoms with Crippen LogP contribution in [-0.2, 0) is 0 Å². The van der Waals surface area contributed by atoms with Crippen LogP contribution in [-0.4, -0.2) is 10.1 Å². The van der Waals surface area contributed by atoms with Crippen molar-refractivity contribution < 1.29 is 5.11 Å². The van der Waals surface area contributed by atoms with E-state index < -0.39 is 0 Å². The minimum atomic E-state index is 0.310. The number of aromatic hydroxyl groups is 1. The monoisotopic (exact) mass is 175 g/mol. The molecule has 0 amide bonds. The molecule has 0 aliphatic carbocycles. The zero-order valence-corrected chi connectivity index (χ0v) is 7.83. The third kappa shape index (κ3) is 1.28. The maximum atomic E-state index is 9.26. The maximum absolute atomic E-state index is 9.26. The molecule has 0 bridgehead atoms. The molecule has 1 aromatic heterocycles. The largest absolute Gasteiger partial charge is 0.508 e. The minimum Gasteiger partial charge on any atom is -0.508 e. The summed E-state index contributed by atoms with van der Waals surface area (Å²) in [7, 11) is 0. The van der Waals surface area contributed by atoms with Gasteiger partial charge in [-0.15, -0.1) is 0 Å². The number of nitrogens with one attached hydrogen (secondary N) is 1. The zero-order chi connectivity index (χ0) is 9.42. The van der Waals surface area contributed by atoms with Crippen molar-refractivity contribution >= 4 is 10.9 Å². The summed E-state index contributed by atoms with van der Waals surface area (Å²) in [5.74, 6) is 0.822. The molecular formula is C11H13NO. The Balaban J connectivity index is 2.69. The summed E-state index contributed by atoms with van der Waals surface area (Å²) >= 11 is 0. The van der Waals surface area contributed by atoms with Gasteiger partial charge < -0.3 is 10.1 Å². The van der Waals surface area contributed by atoms with E-state index in [2.05, 4.69) is 18.8 Å². The molecule has 1 heterocycles. The number of phenolic OH excluding ortho intramolecular Hbond substituents is 1. The van der Waals surface area contributed by atoms with Crippen LogP contribution in [0.4, 0.5) is 0 Å². The van der Waals surface area contributed by atoms with Gasteiger partial charge in [0.05, 0.1) is 0 Å². The molecule has 68 valence electrons. The van der Waals surface area contributed by atoms with E-state index in [1.165, 1.54) is 10.9 Å². The normalized spacial score (nSPS) is 11.3. The number of fused-ring (bicyclic) bond motifs is 1. The number of benzene rings is 1. The smallest absolute Gasteiger partial charge is 0.117 e. The van der Waals surface area contributed by atoms with Gasteiger partial charge in [0.15, 0.2) is 0 Å². The molecule has 0 aliphatic rings. The van der Waals surface area contributed by atoms with Crippen molar-refractivity contribution in [3.05, 3.63) is 30.0 Å². The lowest BCUT2D eigenvalue weighted by atomic mass is 10.0. The topological polar surface area (TPSA) is 36.0 Å². The minimum absolute atomic E-state index is 0.310. The van der Waals surface area contributed by atoms with Gasteiger partial charge in [0.2, 0.25) is 0 Å². The highest BCUT2D eigenvalue weighted by atomic mass is 16.3. The number of H-pyrrole nitrogens is 1. The summed E-state index contributed by atoms with van der Waals surface area (Å²) in [6.07, 6.45) is 2.01. The molecule has 0 fully saturated rings. The molecule has 2 N–H and O–H groups in total. The van der Waals surface area contributed by atoms with Crippen LogP contribution in [0.2, 0.25) is 0 Å². The molecule has 0 radical (unpaired) electrons. The number of aromatic nitrogens is 1. The Morgan fingerprint density at radius 2 is 2.08 bits per heavy atom. The third-order valence-corrected chi connectivity index (χ3v) is 2.32. The summed E-state index contributed by atoms with van der Waals surface area (Å²) < 4.78 is 0. The lowest BCUT2D eigenvalue weighted by Crippen LogP contribution is -1.82. The van der Waals surface area contributed by atoms with Crippen LogP contribution in [0.15, 0.2) is 24.4 Å². The van der Waals surface area contributed by atoms with Crippen molar-refractivity contribution in [1.82, 2.24) is 4.98 Å². The van der Waals surface area contributed by atoms with Gasteiger partial charge in [-0.2, -0.15) is 0 Å². The second kappa shape index (κ2) is 2.80. The average Bonchev–Trinajstić information content (AvgIpc) is 2.46. The molecule has 0 spiro atoms. The summed E-state index contributed by atoms with van der Waals surface area (Å²) in [5.41, 5.74) is 2.30. The number of hydrogen-bond donors (Lipinski definition) is 2. The highest BCUT2D eigenvalue weighted by Gasteiger charge is 2.06. The molecular weight excluding hydrogens is 162 g/mol. The van der Waals surface area contributed by atoms with E-state index in [1.54, 1.807) is 12.1 Å². The summed E-state index contributed by atoms with van der Waals surface area (Å²) in [6.45, 7) is 4.32. The fraction of sp³-hybridized carbons (Fsp3) is 0.273. The molecule has 2 rings (SSSR count). The van der Waals surface area contributed by atoms with Crippen LogP contribution in [0.1, 0.15) is 25.3 Å². The van der Waals surface area contributed by atoms with Gasteiger partial charge in [-0.3, -0.25) is 0 Å². The van der Waals surface area contributed by atoms with E-state index in [0.717, 1.165) is 5.52 Å². The second-order valence-electron chi connectivity index (χ2n) is 3.63. The van der Waals surface area contributed by atoms with E-state index in [-0.39, 0.29) is 0 Å². The lowest BCUT2D eigenvalue weighted by Gasteiger charge is -2.01. The number of hydrogen-bond acceptors (Lipinski definition) is 1. The molecule has 0 saturated heterocycles. The number of phenols is 1. The van der Waals surface area contributed by atoms with Crippen LogP contribution in [0.5, 0.6) is 5.75 Å².